The monoisotopic (exact) mass is 317 g/mol. The van der Waals surface area contributed by atoms with Crippen molar-refractivity contribution in [1.82, 2.24) is 0 Å². The fourth-order valence-corrected chi connectivity index (χ4v) is 3.44. The number of hydrogen-bond donors (Lipinski definition) is 0. The Labute approximate surface area is 141 Å². The summed E-state index contributed by atoms with van der Waals surface area (Å²) in [5.74, 6) is 0.470. The van der Waals surface area contributed by atoms with E-state index in [1.165, 1.54) is 0 Å². The van der Waals surface area contributed by atoms with Crippen LogP contribution in [0.3, 0.4) is 0 Å². The number of anilines is 1. The van der Waals surface area contributed by atoms with Gasteiger partial charge in [0.25, 0.3) is 0 Å². The van der Waals surface area contributed by atoms with Crippen LogP contribution in [0, 0.1) is 16.7 Å². The largest absolute Gasteiger partial charge is 0.462 e. The molecule has 3 nitrogen and oxygen atoms in total. The van der Waals surface area contributed by atoms with E-state index in [1.807, 2.05) is 25.2 Å². The SMILES string of the molecule is CC1CC(OC(=O)CCN(C)c2ccccc2)C(C)(C)C1(C)C. The van der Waals surface area contributed by atoms with Crippen LogP contribution in [0.2, 0.25) is 0 Å². The number of esters is 1. The average molecular weight is 317 g/mol. The third-order valence-corrected chi connectivity index (χ3v) is 6.39. The molecule has 0 spiro atoms. The van der Waals surface area contributed by atoms with Gasteiger partial charge in [0, 0.05) is 24.7 Å². The molecular formula is C20H31NO2. The third-order valence-electron chi connectivity index (χ3n) is 6.39. The summed E-state index contributed by atoms with van der Waals surface area (Å²) in [6.07, 6.45) is 1.40. The first-order valence-corrected chi connectivity index (χ1v) is 8.62. The molecule has 3 heteroatoms. The topological polar surface area (TPSA) is 29.5 Å². The maximum Gasteiger partial charge on any atom is 0.307 e. The van der Waals surface area contributed by atoms with Gasteiger partial charge in [0.2, 0.25) is 0 Å². The van der Waals surface area contributed by atoms with Crippen molar-refractivity contribution in [2.45, 2.75) is 53.6 Å². The molecule has 0 saturated heterocycles. The van der Waals surface area contributed by atoms with Gasteiger partial charge in [0.1, 0.15) is 6.10 Å². The zero-order valence-corrected chi connectivity index (χ0v) is 15.4. The summed E-state index contributed by atoms with van der Waals surface area (Å²) in [6.45, 7) is 12.0. The van der Waals surface area contributed by atoms with Gasteiger partial charge in [-0.2, -0.15) is 0 Å². The summed E-state index contributed by atoms with van der Waals surface area (Å²) < 4.78 is 5.85. The second kappa shape index (κ2) is 6.54. The van der Waals surface area contributed by atoms with Crippen LogP contribution in [0.1, 0.15) is 47.5 Å². The minimum absolute atomic E-state index is 0.00735. The van der Waals surface area contributed by atoms with Gasteiger partial charge in [-0.05, 0) is 29.9 Å². The van der Waals surface area contributed by atoms with Crippen LogP contribution in [0.15, 0.2) is 30.3 Å². The molecule has 2 atom stereocenters. The van der Waals surface area contributed by atoms with Crippen LogP contribution in [0.25, 0.3) is 0 Å². The third kappa shape index (κ3) is 3.54. The highest BCUT2D eigenvalue weighted by Crippen LogP contribution is 2.56. The molecule has 1 aliphatic rings. The van der Waals surface area contributed by atoms with E-state index >= 15 is 0 Å². The molecule has 1 aromatic carbocycles. The van der Waals surface area contributed by atoms with E-state index in [0.29, 0.717) is 18.9 Å². The van der Waals surface area contributed by atoms with E-state index in [2.05, 4.69) is 51.7 Å². The second-order valence-corrected chi connectivity index (χ2v) is 8.07. The number of nitrogens with zero attached hydrogens (tertiary/aromatic N) is 1. The van der Waals surface area contributed by atoms with Crippen LogP contribution in [0.5, 0.6) is 0 Å². The Morgan fingerprint density at radius 3 is 2.30 bits per heavy atom. The second-order valence-electron chi connectivity index (χ2n) is 8.07. The van der Waals surface area contributed by atoms with E-state index in [9.17, 15) is 4.79 Å². The van der Waals surface area contributed by atoms with Crippen molar-refractivity contribution in [3.8, 4) is 0 Å². The van der Waals surface area contributed by atoms with Gasteiger partial charge in [-0.3, -0.25) is 4.79 Å². The number of carbonyl (C=O) groups excluding carboxylic acids is 1. The summed E-state index contributed by atoms with van der Waals surface area (Å²) in [4.78, 5) is 14.4. The van der Waals surface area contributed by atoms with E-state index < -0.39 is 0 Å². The van der Waals surface area contributed by atoms with Gasteiger partial charge in [-0.1, -0.05) is 52.8 Å². The molecule has 0 radical (unpaired) electrons. The van der Waals surface area contributed by atoms with Crippen LogP contribution in [-0.2, 0) is 9.53 Å². The Morgan fingerprint density at radius 2 is 1.78 bits per heavy atom. The lowest BCUT2D eigenvalue weighted by atomic mass is 9.67. The molecule has 1 saturated carbocycles. The molecule has 2 unspecified atom stereocenters. The number of ether oxygens (including phenoxy) is 1. The Balaban J connectivity index is 1.88. The number of para-hydroxylation sites is 1. The normalized spacial score (nSPS) is 25.1. The molecule has 0 N–H and O–H groups in total. The predicted octanol–water partition coefficient (Wildman–Crippen LogP) is 4.52. The van der Waals surface area contributed by atoms with Crippen molar-refractivity contribution in [2.24, 2.45) is 16.7 Å². The van der Waals surface area contributed by atoms with E-state index in [-0.39, 0.29) is 22.9 Å². The zero-order valence-electron chi connectivity index (χ0n) is 15.4. The van der Waals surface area contributed by atoms with Gasteiger partial charge in [0.05, 0.1) is 6.42 Å². The Morgan fingerprint density at radius 1 is 1.17 bits per heavy atom. The fourth-order valence-electron chi connectivity index (χ4n) is 3.44. The fraction of sp³-hybridized carbons (Fsp3) is 0.650. The molecule has 1 aromatic rings. The molecule has 0 bridgehead atoms. The van der Waals surface area contributed by atoms with Crippen molar-refractivity contribution < 1.29 is 9.53 Å². The summed E-state index contributed by atoms with van der Waals surface area (Å²) in [7, 11) is 2.01. The molecule has 2 rings (SSSR count). The van der Waals surface area contributed by atoms with Crippen LogP contribution >= 0.6 is 0 Å². The molecule has 0 aliphatic heterocycles. The molecular weight excluding hydrogens is 286 g/mol. The summed E-state index contributed by atoms with van der Waals surface area (Å²) >= 11 is 0. The van der Waals surface area contributed by atoms with Gasteiger partial charge < -0.3 is 9.64 Å². The summed E-state index contributed by atoms with van der Waals surface area (Å²) in [5.41, 5.74) is 1.31. The van der Waals surface area contributed by atoms with E-state index in [0.717, 1.165) is 12.1 Å². The molecule has 0 amide bonds. The lowest BCUT2D eigenvalue weighted by Gasteiger charge is -2.40. The Kier molecular flexibility index (Phi) is 5.07. The van der Waals surface area contributed by atoms with Crippen molar-refractivity contribution in [3.63, 3.8) is 0 Å². The van der Waals surface area contributed by atoms with Gasteiger partial charge >= 0.3 is 5.97 Å². The molecule has 128 valence electrons. The van der Waals surface area contributed by atoms with E-state index in [1.54, 1.807) is 0 Å². The van der Waals surface area contributed by atoms with Crippen LogP contribution in [0.4, 0.5) is 5.69 Å². The highest BCUT2D eigenvalue weighted by Gasteiger charge is 2.54. The van der Waals surface area contributed by atoms with Crippen LogP contribution in [-0.4, -0.2) is 25.7 Å². The highest BCUT2D eigenvalue weighted by molar-refractivity contribution is 5.70. The quantitative estimate of drug-likeness (QED) is 0.748. The average Bonchev–Trinajstić information content (AvgIpc) is 2.65. The maximum absolute atomic E-state index is 12.3. The van der Waals surface area contributed by atoms with Crippen molar-refractivity contribution in [1.29, 1.82) is 0 Å². The van der Waals surface area contributed by atoms with Crippen molar-refractivity contribution in [3.05, 3.63) is 30.3 Å². The zero-order chi connectivity index (χ0) is 17.3. The van der Waals surface area contributed by atoms with Crippen LogP contribution < -0.4 is 4.90 Å². The lowest BCUT2D eigenvalue weighted by molar-refractivity contribution is -0.155. The summed E-state index contributed by atoms with van der Waals surface area (Å²) in [6, 6.07) is 10.1. The summed E-state index contributed by atoms with van der Waals surface area (Å²) in [5, 5.41) is 0. The Bertz CT molecular complexity index is 536. The number of hydrogen-bond acceptors (Lipinski definition) is 3. The first-order valence-electron chi connectivity index (χ1n) is 8.62. The standard InChI is InChI=1S/C20H31NO2/c1-15-14-17(20(4,5)19(15,2)3)23-18(22)12-13-21(6)16-10-8-7-9-11-16/h7-11,15,17H,12-14H2,1-6H3. The molecule has 1 fully saturated rings. The highest BCUT2D eigenvalue weighted by atomic mass is 16.5. The van der Waals surface area contributed by atoms with Gasteiger partial charge in [-0.15, -0.1) is 0 Å². The minimum atomic E-state index is -0.0873. The first-order chi connectivity index (χ1) is 10.7. The molecule has 1 aliphatic carbocycles. The van der Waals surface area contributed by atoms with Gasteiger partial charge in [0.15, 0.2) is 0 Å². The molecule has 0 aromatic heterocycles. The van der Waals surface area contributed by atoms with Gasteiger partial charge in [-0.25, -0.2) is 0 Å². The van der Waals surface area contributed by atoms with Crippen molar-refractivity contribution >= 4 is 11.7 Å². The first kappa shape index (κ1) is 17.8. The number of benzene rings is 1. The van der Waals surface area contributed by atoms with E-state index in [4.69, 9.17) is 4.74 Å². The minimum Gasteiger partial charge on any atom is -0.462 e. The van der Waals surface area contributed by atoms with Crippen molar-refractivity contribution in [2.75, 3.05) is 18.5 Å². The number of rotatable bonds is 5. The maximum atomic E-state index is 12.3. The molecule has 0 heterocycles. The lowest BCUT2D eigenvalue weighted by Crippen LogP contribution is -2.39. The number of carbonyl (C=O) groups is 1. The molecule has 23 heavy (non-hydrogen) atoms. The smallest absolute Gasteiger partial charge is 0.307 e. The Hall–Kier alpha value is -1.51. The predicted molar refractivity (Wildman–Crippen MR) is 95.6 cm³/mol.